The SMILES string of the molecule is CNc1ncc(C#Cc2cc(OCCCOc3cccc(Cl)n3)ccn2)c2cc(NC(=O)C3CC3)ncc12. The molecule has 1 aliphatic rings. The van der Waals surface area contributed by atoms with E-state index in [2.05, 4.69) is 42.4 Å². The van der Waals surface area contributed by atoms with Gasteiger partial charge in [-0.1, -0.05) is 23.6 Å². The summed E-state index contributed by atoms with van der Waals surface area (Å²) in [6.45, 7) is 0.908. The number of ether oxygens (including phenoxy) is 2. The van der Waals surface area contributed by atoms with E-state index < -0.39 is 0 Å². The van der Waals surface area contributed by atoms with Crippen LogP contribution in [0.4, 0.5) is 11.6 Å². The number of anilines is 2. The second-order valence-electron chi connectivity index (χ2n) is 8.62. The molecule has 0 aromatic carbocycles. The number of nitrogens with one attached hydrogen (secondary N) is 2. The van der Waals surface area contributed by atoms with Crippen LogP contribution in [-0.4, -0.2) is 46.1 Å². The predicted molar refractivity (Wildman–Crippen MR) is 146 cm³/mol. The van der Waals surface area contributed by atoms with Gasteiger partial charge in [-0.2, -0.15) is 0 Å². The van der Waals surface area contributed by atoms with Gasteiger partial charge in [0.2, 0.25) is 11.8 Å². The van der Waals surface area contributed by atoms with Gasteiger partial charge < -0.3 is 20.1 Å². The summed E-state index contributed by atoms with van der Waals surface area (Å²) >= 11 is 5.87. The van der Waals surface area contributed by atoms with E-state index in [4.69, 9.17) is 21.1 Å². The van der Waals surface area contributed by atoms with E-state index in [1.54, 1.807) is 56.0 Å². The molecule has 0 saturated heterocycles. The Labute approximate surface area is 225 Å². The zero-order chi connectivity index (χ0) is 26.3. The number of aromatic nitrogens is 4. The molecular formula is C28H25ClN6O3. The first kappa shape index (κ1) is 25.2. The molecule has 0 radical (unpaired) electrons. The fraction of sp³-hybridized carbons (Fsp3) is 0.250. The van der Waals surface area contributed by atoms with E-state index in [1.165, 1.54) is 0 Å². The zero-order valence-electron chi connectivity index (χ0n) is 20.7. The van der Waals surface area contributed by atoms with Gasteiger partial charge in [-0.3, -0.25) is 4.79 Å². The van der Waals surface area contributed by atoms with Gasteiger partial charge in [0.15, 0.2) is 0 Å². The van der Waals surface area contributed by atoms with Crippen LogP contribution in [0.1, 0.15) is 30.5 Å². The minimum Gasteiger partial charge on any atom is -0.493 e. The highest BCUT2D eigenvalue weighted by atomic mass is 35.5. The second kappa shape index (κ2) is 11.8. The van der Waals surface area contributed by atoms with Gasteiger partial charge >= 0.3 is 0 Å². The number of pyridine rings is 4. The van der Waals surface area contributed by atoms with Crippen LogP contribution in [0, 0.1) is 17.8 Å². The van der Waals surface area contributed by atoms with Gasteiger partial charge in [0.1, 0.15) is 28.2 Å². The topological polar surface area (TPSA) is 111 Å². The highest BCUT2D eigenvalue weighted by Crippen LogP contribution is 2.31. The maximum absolute atomic E-state index is 12.2. The van der Waals surface area contributed by atoms with Crippen molar-refractivity contribution < 1.29 is 14.3 Å². The number of fused-ring (bicyclic) bond motifs is 1. The minimum atomic E-state index is 0.00101. The van der Waals surface area contributed by atoms with Crippen molar-refractivity contribution in [1.29, 1.82) is 0 Å². The van der Waals surface area contributed by atoms with Crippen LogP contribution in [0.15, 0.2) is 55.0 Å². The number of hydrogen-bond acceptors (Lipinski definition) is 8. The Hall–Kier alpha value is -4.42. The predicted octanol–water partition coefficient (Wildman–Crippen LogP) is 4.71. The molecule has 0 aliphatic heterocycles. The highest BCUT2D eigenvalue weighted by molar-refractivity contribution is 6.29. The number of hydrogen-bond donors (Lipinski definition) is 2. The van der Waals surface area contributed by atoms with Gasteiger partial charge in [-0.25, -0.2) is 19.9 Å². The van der Waals surface area contributed by atoms with Crippen molar-refractivity contribution in [2.24, 2.45) is 5.92 Å². The fourth-order valence-electron chi connectivity index (χ4n) is 3.67. The van der Waals surface area contributed by atoms with E-state index in [-0.39, 0.29) is 11.8 Å². The van der Waals surface area contributed by atoms with Crippen molar-refractivity contribution >= 4 is 39.9 Å². The van der Waals surface area contributed by atoms with Crippen LogP contribution >= 0.6 is 11.6 Å². The monoisotopic (exact) mass is 528 g/mol. The van der Waals surface area contributed by atoms with E-state index >= 15 is 0 Å². The normalized spacial score (nSPS) is 12.4. The van der Waals surface area contributed by atoms with Crippen molar-refractivity contribution in [1.82, 2.24) is 19.9 Å². The minimum absolute atomic E-state index is 0.00101. The number of rotatable bonds is 9. The maximum Gasteiger partial charge on any atom is 0.228 e. The lowest BCUT2D eigenvalue weighted by molar-refractivity contribution is -0.117. The third-order valence-corrected chi connectivity index (χ3v) is 5.97. The average molecular weight is 529 g/mol. The Morgan fingerprint density at radius 2 is 1.92 bits per heavy atom. The van der Waals surface area contributed by atoms with Crippen molar-refractivity contribution in [3.63, 3.8) is 0 Å². The van der Waals surface area contributed by atoms with E-state index in [0.717, 1.165) is 23.6 Å². The Bertz CT molecular complexity index is 1530. The zero-order valence-corrected chi connectivity index (χ0v) is 21.5. The molecule has 5 rings (SSSR count). The average Bonchev–Trinajstić information content (AvgIpc) is 3.78. The summed E-state index contributed by atoms with van der Waals surface area (Å²) in [6.07, 6.45) is 7.56. The van der Waals surface area contributed by atoms with Gasteiger partial charge in [0, 0.05) is 60.9 Å². The van der Waals surface area contributed by atoms with Gasteiger partial charge in [-0.15, -0.1) is 0 Å². The molecule has 0 atom stereocenters. The summed E-state index contributed by atoms with van der Waals surface area (Å²) < 4.78 is 11.4. The molecule has 38 heavy (non-hydrogen) atoms. The molecule has 2 N–H and O–H groups in total. The molecule has 4 aromatic rings. The third kappa shape index (κ3) is 6.47. The second-order valence-corrected chi connectivity index (χ2v) is 9.01. The lowest BCUT2D eigenvalue weighted by atomic mass is 10.1. The Kier molecular flexibility index (Phi) is 7.81. The first-order valence-corrected chi connectivity index (χ1v) is 12.6. The van der Waals surface area contributed by atoms with Gasteiger partial charge in [0.25, 0.3) is 0 Å². The fourth-order valence-corrected chi connectivity index (χ4v) is 3.83. The molecule has 4 heterocycles. The lowest BCUT2D eigenvalue weighted by Crippen LogP contribution is -2.14. The Morgan fingerprint density at radius 3 is 2.74 bits per heavy atom. The van der Waals surface area contributed by atoms with Crippen LogP contribution < -0.4 is 20.1 Å². The first-order valence-electron chi connectivity index (χ1n) is 12.2. The van der Waals surface area contributed by atoms with E-state index in [9.17, 15) is 4.79 Å². The van der Waals surface area contributed by atoms with Crippen LogP contribution in [-0.2, 0) is 4.79 Å². The molecule has 1 saturated carbocycles. The van der Waals surface area contributed by atoms with Gasteiger partial charge in [0.05, 0.1) is 18.8 Å². The summed E-state index contributed by atoms with van der Waals surface area (Å²) in [5.41, 5.74) is 1.26. The molecule has 1 aliphatic carbocycles. The molecular weight excluding hydrogens is 504 g/mol. The Morgan fingerprint density at radius 1 is 1.05 bits per heavy atom. The smallest absolute Gasteiger partial charge is 0.228 e. The standard InChI is InChI=1S/C28H25ClN6O3/c1-30-27-23-17-32-25(35-28(36)18-6-7-18)15-22(23)19(16-33-27)8-9-20-14-21(10-11-31-20)37-12-3-13-38-26-5-2-4-24(29)34-26/h2,4-5,10-11,14-18H,3,6-7,12-13H2,1H3,(H,30,33)(H,32,35,36). The summed E-state index contributed by atoms with van der Waals surface area (Å²) in [5.74, 6) is 8.66. The number of amides is 1. The molecule has 4 aromatic heterocycles. The lowest BCUT2D eigenvalue weighted by Gasteiger charge is -2.09. The molecule has 9 nitrogen and oxygen atoms in total. The molecule has 1 amide bonds. The molecule has 1 fully saturated rings. The van der Waals surface area contributed by atoms with Crippen LogP contribution in [0.25, 0.3) is 10.8 Å². The largest absolute Gasteiger partial charge is 0.493 e. The maximum atomic E-state index is 12.2. The molecule has 0 bridgehead atoms. The molecule has 0 unspecified atom stereocenters. The first-order chi connectivity index (χ1) is 18.6. The van der Waals surface area contributed by atoms with Crippen molar-refractivity contribution in [2.45, 2.75) is 19.3 Å². The quantitative estimate of drug-likeness (QED) is 0.182. The number of nitrogens with zero attached hydrogens (tertiary/aromatic N) is 4. The summed E-state index contributed by atoms with van der Waals surface area (Å²) in [7, 11) is 1.80. The van der Waals surface area contributed by atoms with Crippen LogP contribution in [0.3, 0.4) is 0 Å². The van der Waals surface area contributed by atoms with Crippen LogP contribution in [0.5, 0.6) is 11.6 Å². The molecule has 192 valence electrons. The highest BCUT2D eigenvalue weighted by Gasteiger charge is 2.29. The van der Waals surface area contributed by atoms with Crippen molar-refractivity contribution in [3.05, 3.63) is 71.4 Å². The Balaban J connectivity index is 1.26. The third-order valence-electron chi connectivity index (χ3n) is 5.76. The summed E-state index contributed by atoms with van der Waals surface area (Å²) in [6, 6.07) is 10.6. The van der Waals surface area contributed by atoms with E-state index in [0.29, 0.717) is 59.3 Å². The van der Waals surface area contributed by atoms with Crippen molar-refractivity contribution in [3.8, 4) is 23.5 Å². The number of carbonyl (C=O) groups excluding carboxylic acids is 1. The van der Waals surface area contributed by atoms with Gasteiger partial charge in [-0.05, 0) is 37.0 Å². The van der Waals surface area contributed by atoms with E-state index in [1.807, 2.05) is 6.07 Å². The van der Waals surface area contributed by atoms with Crippen molar-refractivity contribution in [2.75, 3.05) is 30.9 Å². The summed E-state index contributed by atoms with van der Waals surface area (Å²) in [4.78, 5) is 29.5. The van der Waals surface area contributed by atoms with Crippen LogP contribution in [0.2, 0.25) is 5.15 Å². The summed E-state index contributed by atoms with van der Waals surface area (Å²) in [5, 5.41) is 8.00. The molecule has 0 spiro atoms. The molecule has 10 heteroatoms. The number of halogens is 1. The number of carbonyl (C=O) groups is 1.